The molecule has 28 heavy (non-hydrogen) atoms. The molecular formula is C24H29N3S. The molecule has 4 heteroatoms. The minimum atomic E-state index is 0.153. The summed E-state index contributed by atoms with van der Waals surface area (Å²) in [5.41, 5.74) is 6.47. The fourth-order valence-electron chi connectivity index (χ4n) is 3.96. The minimum absolute atomic E-state index is 0.153. The summed E-state index contributed by atoms with van der Waals surface area (Å²) in [5, 5.41) is 1.24. The molecule has 2 aromatic heterocycles. The molecule has 0 amide bonds. The molecule has 0 aliphatic heterocycles. The second-order valence-electron chi connectivity index (χ2n) is 9.88. The third kappa shape index (κ3) is 4.27. The van der Waals surface area contributed by atoms with Gasteiger partial charge < -0.3 is 4.98 Å². The Labute approximate surface area is 171 Å². The molecule has 0 bridgehead atoms. The van der Waals surface area contributed by atoms with Crippen LogP contribution in [0.2, 0.25) is 0 Å². The number of benzene rings is 2. The Bertz CT molecular complexity index is 1110. The highest BCUT2D eigenvalue weighted by molar-refractivity contribution is 7.18. The number of aromatic amines is 1. The van der Waals surface area contributed by atoms with E-state index in [9.17, 15) is 0 Å². The quantitative estimate of drug-likeness (QED) is 0.418. The molecule has 4 aromatic rings. The van der Waals surface area contributed by atoms with Crippen LogP contribution in [0, 0.1) is 10.8 Å². The van der Waals surface area contributed by atoms with E-state index in [1.165, 1.54) is 20.8 Å². The van der Waals surface area contributed by atoms with Gasteiger partial charge >= 0.3 is 0 Å². The van der Waals surface area contributed by atoms with Crippen LogP contribution in [0.5, 0.6) is 0 Å². The summed E-state index contributed by atoms with van der Waals surface area (Å²) in [6.07, 6.45) is 4.86. The van der Waals surface area contributed by atoms with Gasteiger partial charge in [0.1, 0.15) is 0 Å². The van der Waals surface area contributed by atoms with Gasteiger partial charge in [0.05, 0.1) is 32.6 Å². The van der Waals surface area contributed by atoms with Crippen molar-refractivity contribution in [2.45, 2.75) is 53.9 Å². The molecule has 0 aliphatic rings. The van der Waals surface area contributed by atoms with Gasteiger partial charge in [-0.1, -0.05) is 52.8 Å². The van der Waals surface area contributed by atoms with Crippen LogP contribution in [0.25, 0.3) is 21.3 Å². The summed E-state index contributed by atoms with van der Waals surface area (Å²) in [5.74, 6) is 0. The number of fused-ring (bicyclic) bond motifs is 2. The fraction of sp³-hybridized carbons (Fsp3) is 0.417. The summed E-state index contributed by atoms with van der Waals surface area (Å²) in [7, 11) is 0. The normalized spacial score (nSPS) is 12.9. The van der Waals surface area contributed by atoms with Crippen molar-refractivity contribution < 1.29 is 0 Å². The average Bonchev–Trinajstić information content (AvgIpc) is 3.18. The van der Waals surface area contributed by atoms with Crippen LogP contribution in [0.4, 0.5) is 0 Å². The van der Waals surface area contributed by atoms with Crippen molar-refractivity contribution in [2.24, 2.45) is 10.8 Å². The molecule has 0 saturated heterocycles. The third-order valence-corrected chi connectivity index (χ3v) is 6.08. The Balaban J connectivity index is 1.55. The molecule has 0 atom stereocenters. The first kappa shape index (κ1) is 19.1. The molecule has 2 heterocycles. The number of thiazole rings is 1. The van der Waals surface area contributed by atoms with E-state index in [0.29, 0.717) is 0 Å². The fourth-order valence-corrected chi connectivity index (χ4v) is 5.29. The van der Waals surface area contributed by atoms with E-state index in [2.05, 4.69) is 81.0 Å². The van der Waals surface area contributed by atoms with Crippen molar-refractivity contribution in [3.05, 3.63) is 58.9 Å². The molecule has 0 aliphatic carbocycles. The Morgan fingerprint density at radius 3 is 2.57 bits per heavy atom. The molecule has 3 nitrogen and oxygen atoms in total. The van der Waals surface area contributed by atoms with E-state index in [1.807, 2.05) is 11.3 Å². The molecule has 0 saturated carbocycles. The van der Waals surface area contributed by atoms with Gasteiger partial charge in [0.25, 0.3) is 0 Å². The topological polar surface area (TPSA) is 41.6 Å². The first-order chi connectivity index (χ1) is 13.2. The summed E-state index contributed by atoms with van der Waals surface area (Å²) >= 11 is 1.85. The molecule has 2 aromatic carbocycles. The average molecular weight is 392 g/mol. The van der Waals surface area contributed by atoms with Crippen LogP contribution in [0.15, 0.2) is 42.7 Å². The molecule has 0 radical (unpaired) electrons. The molecule has 4 rings (SSSR count). The number of para-hydroxylation sites is 1. The van der Waals surface area contributed by atoms with E-state index in [-0.39, 0.29) is 10.8 Å². The van der Waals surface area contributed by atoms with Crippen molar-refractivity contribution in [2.75, 3.05) is 0 Å². The molecule has 0 spiro atoms. The van der Waals surface area contributed by atoms with Gasteiger partial charge in [-0.05, 0) is 53.0 Å². The van der Waals surface area contributed by atoms with Crippen LogP contribution in [0.1, 0.15) is 50.8 Å². The third-order valence-electron chi connectivity index (χ3n) is 5.06. The van der Waals surface area contributed by atoms with Crippen molar-refractivity contribution >= 4 is 32.6 Å². The zero-order valence-corrected chi connectivity index (χ0v) is 18.3. The van der Waals surface area contributed by atoms with Gasteiger partial charge in [-0.15, -0.1) is 11.3 Å². The van der Waals surface area contributed by atoms with E-state index in [1.54, 1.807) is 6.33 Å². The predicted octanol–water partition coefficient (Wildman–Crippen LogP) is 6.57. The smallest absolute Gasteiger partial charge is 0.0943 e. The predicted molar refractivity (Wildman–Crippen MR) is 120 cm³/mol. The van der Waals surface area contributed by atoms with Crippen LogP contribution in [-0.2, 0) is 19.3 Å². The lowest BCUT2D eigenvalue weighted by molar-refractivity contribution is 0.362. The van der Waals surface area contributed by atoms with E-state index in [0.717, 1.165) is 35.8 Å². The van der Waals surface area contributed by atoms with Gasteiger partial charge in [-0.25, -0.2) is 9.97 Å². The SMILES string of the molecule is CC(C)(C)Cc1nc2ccc(CC(C)(C)Cc3cccc4[nH]cnc34)cc2s1. The largest absolute Gasteiger partial charge is 0.345 e. The first-order valence-corrected chi connectivity index (χ1v) is 10.8. The summed E-state index contributed by atoms with van der Waals surface area (Å²) in [6, 6.07) is 13.2. The standard InChI is InChI=1S/C24H29N3S/c1-23(2,3)14-21-27-18-10-9-16(11-20(18)28-21)12-24(4,5)13-17-7-6-8-19-22(17)26-15-25-19/h6-11,15H,12-14H2,1-5H3,(H,25,26). The molecule has 146 valence electrons. The highest BCUT2D eigenvalue weighted by Gasteiger charge is 2.22. The van der Waals surface area contributed by atoms with Crippen molar-refractivity contribution in [1.29, 1.82) is 0 Å². The Morgan fingerprint density at radius 2 is 1.79 bits per heavy atom. The van der Waals surface area contributed by atoms with Gasteiger partial charge in [0, 0.05) is 6.42 Å². The van der Waals surface area contributed by atoms with E-state index < -0.39 is 0 Å². The Hall–Kier alpha value is -2.20. The zero-order chi connectivity index (χ0) is 19.9. The highest BCUT2D eigenvalue weighted by atomic mass is 32.1. The second kappa shape index (κ2) is 7.00. The molecular weight excluding hydrogens is 362 g/mol. The number of nitrogens with zero attached hydrogens (tertiary/aromatic N) is 2. The lowest BCUT2D eigenvalue weighted by atomic mass is 9.80. The Morgan fingerprint density at radius 1 is 0.964 bits per heavy atom. The Kier molecular flexibility index (Phi) is 4.78. The van der Waals surface area contributed by atoms with Gasteiger partial charge in [0.2, 0.25) is 0 Å². The van der Waals surface area contributed by atoms with Gasteiger partial charge in [-0.2, -0.15) is 0 Å². The number of imidazole rings is 1. The lowest BCUT2D eigenvalue weighted by Crippen LogP contribution is -2.18. The van der Waals surface area contributed by atoms with Gasteiger partial charge in [-0.3, -0.25) is 0 Å². The van der Waals surface area contributed by atoms with Crippen LogP contribution in [-0.4, -0.2) is 15.0 Å². The maximum Gasteiger partial charge on any atom is 0.0943 e. The zero-order valence-electron chi connectivity index (χ0n) is 17.5. The lowest BCUT2D eigenvalue weighted by Gasteiger charge is -2.25. The van der Waals surface area contributed by atoms with Gasteiger partial charge in [0.15, 0.2) is 0 Å². The van der Waals surface area contributed by atoms with Crippen LogP contribution in [0.3, 0.4) is 0 Å². The first-order valence-electron chi connectivity index (χ1n) is 9.98. The molecule has 0 fully saturated rings. The number of hydrogen-bond donors (Lipinski definition) is 1. The van der Waals surface area contributed by atoms with Crippen molar-refractivity contribution in [1.82, 2.24) is 15.0 Å². The number of rotatable bonds is 5. The van der Waals surface area contributed by atoms with E-state index in [4.69, 9.17) is 4.98 Å². The minimum Gasteiger partial charge on any atom is -0.345 e. The molecule has 1 N–H and O–H groups in total. The second-order valence-corrected chi connectivity index (χ2v) is 11.0. The number of aromatic nitrogens is 3. The van der Waals surface area contributed by atoms with Crippen molar-refractivity contribution in [3.63, 3.8) is 0 Å². The number of hydrogen-bond acceptors (Lipinski definition) is 3. The summed E-state index contributed by atoms with van der Waals surface area (Å²) in [4.78, 5) is 12.6. The maximum absolute atomic E-state index is 4.84. The number of nitrogens with one attached hydrogen (secondary N) is 1. The monoisotopic (exact) mass is 391 g/mol. The maximum atomic E-state index is 4.84. The number of H-pyrrole nitrogens is 1. The van der Waals surface area contributed by atoms with Crippen LogP contribution < -0.4 is 0 Å². The molecule has 0 unspecified atom stereocenters. The van der Waals surface area contributed by atoms with E-state index >= 15 is 0 Å². The van der Waals surface area contributed by atoms with Crippen molar-refractivity contribution in [3.8, 4) is 0 Å². The van der Waals surface area contributed by atoms with Crippen LogP contribution >= 0.6 is 11.3 Å². The highest BCUT2D eigenvalue weighted by Crippen LogP contribution is 2.32. The summed E-state index contributed by atoms with van der Waals surface area (Å²) < 4.78 is 1.31. The summed E-state index contributed by atoms with van der Waals surface area (Å²) in [6.45, 7) is 11.5.